The smallest absolute Gasteiger partial charge is 0.0794 e. The van der Waals surface area contributed by atoms with Crippen molar-refractivity contribution < 1.29 is 4.74 Å². The summed E-state index contributed by atoms with van der Waals surface area (Å²) >= 11 is 1.70. The molecule has 0 radical (unpaired) electrons. The topological polar surface area (TPSA) is 34.1 Å². The van der Waals surface area contributed by atoms with Crippen molar-refractivity contribution in [3.8, 4) is 0 Å². The molecule has 2 unspecified atom stereocenters. The van der Waals surface area contributed by atoms with Gasteiger partial charge in [-0.25, -0.2) is 0 Å². The van der Waals surface area contributed by atoms with Crippen LogP contribution < -0.4 is 5.32 Å². The van der Waals surface area contributed by atoms with Gasteiger partial charge in [-0.15, -0.1) is 11.3 Å². The monoisotopic (exact) mass is 226 g/mol. The highest BCUT2D eigenvalue weighted by molar-refractivity contribution is 7.09. The van der Waals surface area contributed by atoms with Crippen LogP contribution >= 0.6 is 11.3 Å². The summed E-state index contributed by atoms with van der Waals surface area (Å²) < 4.78 is 5.67. The molecule has 84 valence electrons. The van der Waals surface area contributed by atoms with Gasteiger partial charge in [0.2, 0.25) is 0 Å². The fourth-order valence-corrected chi connectivity index (χ4v) is 2.47. The highest BCUT2D eigenvalue weighted by atomic mass is 32.1. The minimum atomic E-state index is 0.392. The molecule has 1 saturated heterocycles. The van der Waals surface area contributed by atoms with Crippen LogP contribution in [0.4, 0.5) is 0 Å². The van der Waals surface area contributed by atoms with Gasteiger partial charge >= 0.3 is 0 Å². The van der Waals surface area contributed by atoms with E-state index >= 15 is 0 Å². The highest BCUT2D eigenvalue weighted by Gasteiger charge is 2.15. The summed E-state index contributed by atoms with van der Waals surface area (Å²) in [4.78, 5) is 5.38. The Kier molecular flexibility index (Phi) is 4.11. The van der Waals surface area contributed by atoms with Gasteiger partial charge in [-0.3, -0.25) is 4.98 Å². The number of aromatic nitrogens is 1. The predicted octanol–water partition coefficient (Wildman–Crippen LogP) is 2.36. The van der Waals surface area contributed by atoms with Crippen LogP contribution in [0.2, 0.25) is 0 Å². The van der Waals surface area contributed by atoms with Crippen LogP contribution in [0.15, 0.2) is 11.7 Å². The fraction of sp³-hybridized carbons (Fsp3) is 0.727. The molecule has 0 spiro atoms. The Morgan fingerprint density at radius 1 is 1.67 bits per heavy atom. The van der Waals surface area contributed by atoms with Gasteiger partial charge in [0.15, 0.2) is 0 Å². The van der Waals surface area contributed by atoms with E-state index in [9.17, 15) is 0 Å². The van der Waals surface area contributed by atoms with Crippen molar-refractivity contribution in [3.63, 3.8) is 0 Å². The third-order valence-electron chi connectivity index (χ3n) is 2.80. The van der Waals surface area contributed by atoms with Crippen LogP contribution in [0.1, 0.15) is 37.1 Å². The molecule has 1 aromatic heterocycles. The van der Waals surface area contributed by atoms with Crippen molar-refractivity contribution in [3.05, 3.63) is 16.6 Å². The van der Waals surface area contributed by atoms with E-state index in [0.717, 1.165) is 13.2 Å². The lowest BCUT2D eigenvalue weighted by molar-refractivity contribution is 0.0157. The average Bonchev–Trinajstić information content (AvgIpc) is 2.81. The molecule has 1 N–H and O–H groups in total. The van der Waals surface area contributed by atoms with Gasteiger partial charge in [-0.2, -0.15) is 0 Å². The quantitative estimate of drug-likeness (QED) is 0.856. The van der Waals surface area contributed by atoms with E-state index in [-0.39, 0.29) is 0 Å². The first-order valence-corrected chi connectivity index (χ1v) is 6.47. The second kappa shape index (κ2) is 5.58. The summed E-state index contributed by atoms with van der Waals surface area (Å²) in [6, 6.07) is 0.392. The third-order valence-corrected chi connectivity index (χ3v) is 3.76. The van der Waals surface area contributed by atoms with E-state index in [1.807, 2.05) is 11.7 Å². The predicted molar refractivity (Wildman–Crippen MR) is 62.1 cm³/mol. The molecule has 2 atom stereocenters. The maximum absolute atomic E-state index is 5.67. The summed E-state index contributed by atoms with van der Waals surface area (Å²) in [6.07, 6.45) is 6.07. The molecule has 0 aliphatic carbocycles. The summed E-state index contributed by atoms with van der Waals surface area (Å²) in [5.74, 6) is 0. The lowest BCUT2D eigenvalue weighted by atomic mass is 10.1. The summed E-state index contributed by atoms with van der Waals surface area (Å²) in [5.41, 5.74) is 1.88. The van der Waals surface area contributed by atoms with Gasteiger partial charge in [-0.1, -0.05) is 0 Å². The summed E-state index contributed by atoms with van der Waals surface area (Å²) in [5, 5.41) is 3.50. The van der Waals surface area contributed by atoms with Gasteiger partial charge in [0, 0.05) is 30.3 Å². The Balaban J connectivity index is 1.73. The maximum atomic E-state index is 5.67. The molecule has 2 heterocycles. The molecule has 0 aromatic carbocycles. The number of nitrogens with one attached hydrogen (secondary N) is 1. The van der Waals surface area contributed by atoms with Crippen LogP contribution in [0.5, 0.6) is 0 Å². The van der Waals surface area contributed by atoms with Crippen molar-refractivity contribution in [2.45, 2.75) is 38.3 Å². The number of thiazole rings is 1. The Bertz CT molecular complexity index is 270. The molecule has 1 aliphatic heterocycles. The summed E-state index contributed by atoms with van der Waals surface area (Å²) in [7, 11) is 0. The minimum Gasteiger partial charge on any atom is -0.377 e. The second-order valence-electron chi connectivity index (χ2n) is 4.02. The van der Waals surface area contributed by atoms with Crippen molar-refractivity contribution in [1.82, 2.24) is 10.3 Å². The van der Waals surface area contributed by atoms with E-state index < -0.39 is 0 Å². The van der Waals surface area contributed by atoms with Gasteiger partial charge in [-0.05, 0) is 26.2 Å². The molecule has 1 aromatic rings. The van der Waals surface area contributed by atoms with Crippen LogP contribution in [0.25, 0.3) is 0 Å². The van der Waals surface area contributed by atoms with E-state index in [2.05, 4.69) is 17.2 Å². The summed E-state index contributed by atoms with van der Waals surface area (Å²) in [6.45, 7) is 4.07. The van der Waals surface area contributed by atoms with Crippen molar-refractivity contribution >= 4 is 11.3 Å². The Hall–Kier alpha value is -0.450. The number of ether oxygens (including phenoxy) is 1. The second-order valence-corrected chi connectivity index (χ2v) is 4.94. The molecule has 4 heteroatoms. The first-order chi connectivity index (χ1) is 7.36. The van der Waals surface area contributed by atoms with Crippen LogP contribution in [-0.2, 0) is 4.74 Å². The average molecular weight is 226 g/mol. The number of nitrogens with zero attached hydrogens (tertiary/aromatic N) is 1. The van der Waals surface area contributed by atoms with Crippen molar-refractivity contribution in [2.24, 2.45) is 0 Å². The number of rotatable bonds is 4. The Labute approximate surface area is 94.9 Å². The van der Waals surface area contributed by atoms with Gasteiger partial charge < -0.3 is 10.1 Å². The SMILES string of the molecule is CC(NCC1CCCCO1)c1cncs1. The molecule has 0 bridgehead atoms. The van der Waals surface area contributed by atoms with E-state index in [1.165, 1.54) is 24.1 Å². The van der Waals surface area contributed by atoms with Gasteiger partial charge in [0.1, 0.15) is 0 Å². The zero-order valence-electron chi connectivity index (χ0n) is 9.11. The number of hydrogen-bond donors (Lipinski definition) is 1. The lowest BCUT2D eigenvalue weighted by Crippen LogP contribution is -2.33. The minimum absolute atomic E-state index is 0.392. The molecule has 0 saturated carbocycles. The largest absolute Gasteiger partial charge is 0.377 e. The molecular formula is C11H18N2OS. The lowest BCUT2D eigenvalue weighted by Gasteiger charge is -2.24. The molecular weight excluding hydrogens is 208 g/mol. The molecule has 2 rings (SSSR count). The van der Waals surface area contributed by atoms with E-state index in [0.29, 0.717) is 12.1 Å². The molecule has 1 aliphatic rings. The Morgan fingerprint density at radius 2 is 2.60 bits per heavy atom. The fourth-order valence-electron chi connectivity index (χ4n) is 1.82. The van der Waals surface area contributed by atoms with Gasteiger partial charge in [0.05, 0.1) is 11.6 Å². The zero-order chi connectivity index (χ0) is 10.5. The first kappa shape index (κ1) is 11.0. The van der Waals surface area contributed by atoms with Crippen molar-refractivity contribution in [1.29, 1.82) is 0 Å². The number of hydrogen-bond acceptors (Lipinski definition) is 4. The highest BCUT2D eigenvalue weighted by Crippen LogP contribution is 2.17. The van der Waals surface area contributed by atoms with Crippen LogP contribution in [0, 0.1) is 0 Å². The first-order valence-electron chi connectivity index (χ1n) is 5.59. The third kappa shape index (κ3) is 3.26. The molecule has 3 nitrogen and oxygen atoms in total. The van der Waals surface area contributed by atoms with Crippen LogP contribution in [0.3, 0.4) is 0 Å². The molecule has 1 fully saturated rings. The Morgan fingerprint density at radius 3 is 3.27 bits per heavy atom. The zero-order valence-corrected chi connectivity index (χ0v) is 9.93. The van der Waals surface area contributed by atoms with Crippen LogP contribution in [-0.4, -0.2) is 24.2 Å². The normalized spacial score (nSPS) is 23.9. The van der Waals surface area contributed by atoms with E-state index in [1.54, 1.807) is 11.3 Å². The molecule has 15 heavy (non-hydrogen) atoms. The standard InChI is InChI=1S/C11H18N2OS/c1-9(11-7-12-8-15-11)13-6-10-4-2-3-5-14-10/h7-10,13H,2-6H2,1H3. The van der Waals surface area contributed by atoms with E-state index in [4.69, 9.17) is 4.74 Å². The van der Waals surface area contributed by atoms with Gasteiger partial charge in [0.25, 0.3) is 0 Å². The molecule has 0 amide bonds. The van der Waals surface area contributed by atoms with Crippen molar-refractivity contribution in [2.75, 3.05) is 13.2 Å². The maximum Gasteiger partial charge on any atom is 0.0794 e.